The first-order valence-electron chi connectivity index (χ1n) is 15.4. The van der Waals surface area contributed by atoms with Crippen LogP contribution in [0.4, 0.5) is 32.4 Å². The number of piperidine rings is 1. The van der Waals surface area contributed by atoms with E-state index in [1.54, 1.807) is 13.8 Å². The molecule has 2 fully saturated rings. The van der Waals surface area contributed by atoms with Gasteiger partial charge in [0.2, 0.25) is 5.60 Å². The number of hydrogen-bond acceptors (Lipinski definition) is 7. The van der Waals surface area contributed by atoms with Crippen molar-refractivity contribution in [3.05, 3.63) is 23.3 Å². The molecule has 4 amide bonds. The molecule has 17 heteroatoms. The number of carbonyl (C=O) groups is 4. The fourth-order valence-corrected chi connectivity index (χ4v) is 6.05. The summed E-state index contributed by atoms with van der Waals surface area (Å²) in [5.74, 6) is -3.88. The number of fused-ring (bicyclic) bond motifs is 1. The molecule has 0 aromatic heterocycles. The summed E-state index contributed by atoms with van der Waals surface area (Å²) in [6, 6.07) is 0.105. The van der Waals surface area contributed by atoms with Crippen molar-refractivity contribution in [3.8, 4) is 5.75 Å². The number of rotatable bonds is 10. The first kappa shape index (κ1) is 36.1. The van der Waals surface area contributed by atoms with Gasteiger partial charge in [0.25, 0.3) is 17.7 Å². The first-order valence-corrected chi connectivity index (χ1v) is 15.4. The average Bonchev–Trinajstić information content (AvgIpc) is 3.01. The molecule has 4 rings (SSSR count). The standard InChI is InChI=1S/C30H39F5N4O8/c1-17(2)39(18-7-6-10-37(15-18)28(43)44)26(41)19-13-21-22(14-20(19)30(33,34)35)47-29(3,16-46-23-8-4-5-12-45-23)27(42)38(21)11-9-36-25(40)24(31)32/h13-14,17-18,23-24H,4-12,15-16H2,1-3H3,(H,36,40)(H,43,44)/t18-,23?,29?/m1/s1. The molecule has 1 aromatic rings. The van der Waals surface area contributed by atoms with Gasteiger partial charge in [0, 0.05) is 38.8 Å². The lowest BCUT2D eigenvalue weighted by Gasteiger charge is -2.42. The normalized spacial score (nSPS) is 23.4. The third-order valence-corrected chi connectivity index (χ3v) is 8.33. The molecule has 0 radical (unpaired) electrons. The van der Waals surface area contributed by atoms with E-state index in [-0.39, 0.29) is 18.8 Å². The van der Waals surface area contributed by atoms with E-state index in [1.807, 2.05) is 5.32 Å². The zero-order chi connectivity index (χ0) is 34.7. The highest BCUT2D eigenvalue weighted by Gasteiger charge is 2.48. The summed E-state index contributed by atoms with van der Waals surface area (Å²) in [5.41, 5.74) is -4.30. The number of carboxylic acid groups (broad SMARTS) is 1. The molecule has 0 bridgehead atoms. The highest BCUT2D eigenvalue weighted by molar-refractivity contribution is 6.05. The SMILES string of the molecule is CC(C)N(C(=O)c1cc2c(cc1C(F)(F)F)OC(C)(COC1CCCCO1)C(=O)N2CCNC(=O)C(F)F)[C@@H]1CCCN(C(=O)O)C1. The summed E-state index contributed by atoms with van der Waals surface area (Å²) >= 11 is 0. The van der Waals surface area contributed by atoms with Gasteiger partial charge in [0.05, 0.1) is 29.5 Å². The summed E-state index contributed by atoms with van der Waals surface area (Å²) < 4.78 is 86.7. The maximum atomic E-state index is 14.6. The van der Waals surface area contributed by atoms with Gasteiger partial charge in [-0.3, -0.25) is 14.4 Å². The monoisotopic (exact) mass is 678 g/mol. The molecular weight excluding hydrogens is 639 g/mol. The molecule has 2 N–H and O–H groups in total. The van der Waals surface area contributed by atoms with Crippen LogP contribution in [0.2, 0.25) is 0 Å². The Labute approximate surface area is 268 Å². The first-order chi connectivity index (χ1) is 22.0. The van der Waals surface area contributed by atoms with Crippen molar-refractivity contribution < 1.29 is 60.4 Å². The molecule has 47 heavy (non-hydrogen) atoms. The molecule has 1 aromatic carbocycles. The van der Waals surface area contributed by atoms with E-state index in [4.69, 9.17) is 14.2 Å². The summed E-state index contributed by atoms with van der Waals surface area (Å²) in [5, 5.41) is 11.5. The second-order valence-electron chi connectivity index (χ2n) is 12.2. The van der Waals surface area contributed by atoms with Gasteiger partial charge < -0.3 is 39.3 Å². The smallest absolute Gasteiger partial charge is 0.417 e. The fraction of sp³-hybridized carbons (Fsp3) is 0.667. The van der Waals surface area contributed by atoms with Gasteiger partial charge >= 0.3 is 18.7 Å². The third kappa shape index (κ3) is 8.23. The Morgan fingerprint density at radius 3 is 2.49 bits per heavy atom. The number of nitrogens with zero attached hydrogens (tertiary/aromatic N) is 3. The Kier molecular flexibility index (Phi) is 11.2. The molecule has 12 nitrogen and oxygen atoms in total. The van der Waals surface area contributed by atoms with Gasteiger partial charge in [-0.2, -0.15) is 22.0 Å². The Morgan fingerprint density at radius 2 is 1.89 bits per heavy atom. The Hall–Kier alpha value is -3.73. The number of carbonyl (C=O) groups excluding carboxylic acids is 3. The van der Waals surface area contributed by atoms with Gasteiger partial charge in [0.15, 0.2) is 6.29 Å². The molecular formula is C30H39F5N4O8. The zero-order valence-corrected chi connectivity index (χ0v) is 26.3. The van der Waals surface area contributed by atoms with Crippen LogP contribution in [0.25, 0.3) is 0 Å². The molecule has 0 aliphatic carbocycles. The van der Waals surface area contributed by atoms with Crippen molar-refractivity contribution in [1.82, 2.24) is 15.1 Å². The molecule has 3 aliphatic rings. The third-order valence-electron chi connectivity index (χ3n) is 8.33. The molecule has 3 aliphatic heterocycles. The van der Waals surface area contributed by atoms with Crippen LogP contribution in [0.15, 0.2) is 12.1 Å². The van der Waals surface area contributed by atoms with Gasteiger partial charge in [-0.25, -0.2) is 4.79 Å². The van der Waals surface area contributed by atoms with Crippen LogP contribution in [0.3, 0.4) is 0 Å². The van der Waals surface area contributed by atoms with E-state index in [0.717, 1.165) is 28.7 Å². The predicted molar refractivity (Wildman–Crippen MR) is 155 cm³/mol. The molecule has 3 atom stereocenters. The van der Waals surface area contributed by atoms with Crippen LogP contribution in [-0.4, -0.2) is 109 Å². The van der Waals surface area contributed by atoms with Gasteiger partial charge in [-0.1, -0.05) is 0 Å². The minimum Gasteiger partial charge on any atom is -0.473 e. The molecule has 262 valence electrons. The van der Waals surface area contributed by atoms with E-state index in [9.17, 15) is 46.2 Å². The van der Waals surface area contributed by atoms with Crippen LogP contribution >= 0.6 is 0 Å². The highest BCUT2D eigenvalue weighted by atomic mass is 19.4. The van der Waals surface area contributed by atoms with Crippen molar-refractivity contribution in [1.29, 1.82) is 0 Å². The number of alkyl halides is 5. The number of anilines is 1. The summed E-state index contributed by atoms with van der Waals surface area (Å²) in [4.78, 5) is 54.4. The van der Waals surface area contributed by atoms with Crippen molar-refractivity contribution in [2.45, 2.75) is 89.5 Å². The van der Waals surface area contributed by atoms with E-state index in [2.05, 4.69) is 0 Å². The second kappa shape index (κ2) is 14.6. The van der Waals surface area contributed by atoms with Crippen molar-refractivity contribution in [3.63, 3.8) is 0 Å². The predicted octanol–water partition coefficient (Wildman–Crippen LogP) is 4.11. The lowest BCUT2D eigenvalue weighted by Crippen LogP contribution is -2.58. The number of benzene rings is 1. The Morgan fingerprint density at radius 1 is 1.17 bits per heavy atom. The summed E-state index contributed by atoms with van der Waals surface area (Å²) in [7, 11) is 0. The lowest BCUT2D eigenvalue weighted by atomic mass is 9.96. The van der Waals surface area contributed by atoms with E-state index in [1.165, 1.54) is 11.8 Å². The molecule has 0 spiro atoms. The van der Waals surface area contributed by atoms with Crippen LogP contribution in [0.1, 0.15) is 68.8 Å². The molecule has 0 saturated carbocycles. The van der Waals surface area contributed by atoms with E-state index in [0.29, 0.717) is 31.9 Å². The quantitative estimate of drug-likeness (QED) is 0.353. The molecule has 3 heterocycles. The zero-order valence-electron chi connectivity index (χ0n) is 26.3. The lowest BCUT2D eigenvalue weighted by molar-refractivity contribution is -0.188. The number of ether oxygens (including phenoxy) is 3. The number of nitrogens with one attached hydrogen (secondary N) is 1. The summed E-state index contributed by atoms with van der Waals surface area (Å²) in [6.07, 6.45) is -7.44. The van der Waals surface area contributed by atoms with Crippen LogP contribution in [0, 0.1) is 0 Å². The number of likely N-dealkylation sites (tertiary alicyclic amines) is 1. The van der Waals surface area contributed by atoms with Crippen LogP contribution in [-0.2, 0) is 25.2 Å². The highest BCUT2D eigenvalue weighted by Crippen LogP contribution is 2.45. The largest absolute Gasteiger partial charge is 0.473 e. The van der Waals surface area contributed by atoms with Crippen molar-refractivity contribution in [2.24, 2.45) is 0 Å². The van der Waals surface area contributed by atoms with E-state index >= 15 is 0 Å². The fourth-order valence-electron chi connectivity index (χ4n) is 6.05. The van der Waals surface area contributed by atoms with Crippen molar-refractivity contribution >= 4 is 29.5 Å². The van der Waals surface area contributed by atoms with Crippen molar-refractivity contribution in [2.75, 3.05) is 44.3 Å². The van der Waals surface area contributed by atoms with Crippen LogP contribution < -0.4 is 15.0 Å². The molecule has 2 saturated heterocycles. The number of amides is 4. The van der Waals surface area contributed by atoms with Gasteiger partial charge in [-0.05, 0) is 65.0 Å². The van der Waals surface area contributed by atoms with Gasteiger partial charge in [-0.15, -0.1) is 0 Å². The minimum absolute atomic E-state index is 0.105. The minimum atomic E-state index is -5.06. The average molecular weight is 679 g/mol. The summed E-state index contributed by atoms with van der Waals surface area (Å²) in [6.45, 7) is 3.64. The Balaban J connectivity index is 1.76. The van der Waals surface area contributed by atoms with Crippen LogP contribution in [0.5, 0.6) is 5.75 Å². The maximum Gasteiger partial charge on any atom is 0.417 e. The number of hydrogen-bond donors (Lipinski definition) is 2. The van der Waals surface area contributed by atoms with Gasteiger partial charge in [0.1, 0.15) is 5.75 Å². The maximum absolute atomic E-state index is 14.6. The Bertz CT molecular complexity index is 1340. The van der Waals surface area contributed by atoms with E-state index < -0.39 is 97.0 Å². The second-order valence-corrected chi connectivity index (χ2v) is 12.2. The number of halogens is 5. The topological polar surface area (TPSA) is 138 Å². The molecule has 2 unspecified atom stereocenters.